The molecule has 0 radical (unpaired) electrons. The molecule has 2 rings (SSSR count). The van der Waals surface area contributed by atoms with Crippen LogP contribution in [0.25, 0.3) is 5.69 Å². The van der Waals surface area contributed by atoms with Crippen molar-refractivity contribution < 1.29 is 4.92 Å². The molecule has 16 heavy (non-hydrogen) atoms. The molecule has 0 fully saturated rings. The predicted molar refractivity (Wildman–Crippen MR) is 59.7 cm³/mol. The molecule has 5 heteroatoms. The second-order valence-electron chi connectivity index (χ2n) is 3.65. The van der Waals surface area contributed by atoms with Crippen molar-refractivity contribution in [3.63, 3.8) is 0 Å². The Kier molecular flexibility index (Phi) is 2.44. The predicted octanol–water partition coefficient (Wildman–Crippen LogP) is 2.40. The monoisotopic (exact) mass is 217 g/mol. The van der Waals surface area contributed by atoms with Crippen LogP contribution in [-0.4, -0.2) is 14.7 Å². The van der Waals surface area contributed by atoms with Crippen LogP contribution >= 0.6 is 0 Å². The fraction of sp³-hybridized carbons (Fsp3) is 0.182. The Morgan fingerprint density at radius 3 is 2.62 bits per heavy atom. The van der Waals surface area contributed by atoms with Crippen LogP contribution in [0.1, 0.15) is 11.3 Å². The number of hydrogen-bond donors (Lipinski definition) is 0. The lowest BCUT2D eigenvalue weighted by molar-refractivity contribution is -0.384. The number of aromatic nitrogens is 2. The SMILES string of the molecule is Cc1ccc([N+](=O)[O-])c(-n2ccc(C)n2)c1. The summed E-state index contributed by atoms with van der Waals surface area (Å²) in [6, 6.07) is 6.79. The molecule has 1 heterocycles. The summed E-state index contributed by atoms with van der Waals surface area (Å²) in [5.41, 5.74) is 2.36. The molecular formula is C11H11N3O2. The molecule has 0 aliphatic carbocycles. The average Bonchev–Trinajstić information content (AvgIpc) is 2.64. The minimum absolute atomic E-state index is 0.0636. The van der Waals surface area contributed by atoms with Gasteiger partial charge in [0.15, 0.2) is 0 Å². The van der Waals surface area contributed by atoms with Crippen LogP contribution in [0.3, 0.4) is 0 Å². The maximum Gasteiger partial charge on any atom is 0.294 e. The van der Waals surface area contributed by atoms with E-state index in [-0.39, 0.29) is 5.69 Å². The van der Waals surface area contributed by atoms with Crippen molar-refractivity contribution in [1.29, 1.82) is 0 Å². The standard InChI is InChI=1S/C11H11N3O2/c1-8-3-4-10(14(15)16)11(7-8)13-6-5-9(2)12-13/h3-7H,1-2H3. The molecule has 1 aromatic carbocycles. The lowest BCUT2D eigenvalue weighted by Gasteiger charge is -2.03. The second-order valence-corrected chi connectivity index (χ2v) is 3.65. The molecule has 0 saturated heterocycles. The van der Waals surface area contributed by atoms with E-state index in [4.69, 9.17) is 0 Å². The maximum absolute atomic E-state index is 10.9. The third kappa shape index (κ3) is 1.79. The van der Waals surface area contributed by atoms with E-state index in [1.54, 1.807) is 18.3 Å². The highest BCUT2D eigenvalue weighted by molar-refractivity contribution is 5.53. The number of aryl methyl sites for hydroxylation is 2. The average molecular weight is 217 g/mol. The zero-order valence-corrected chi connectivity index (χ0v) is 9.04. The normalized spacial score (nSPS) is 10.4. The minimum Gasteiger partial charge on any atom is -0.258 e. The molecule has 0 aliphatic heterocycles. The summed E-state index contributed by atoms with van der Waals surface area (Å²) < 4.78 is 1.53. The largest absolute Gasteiger partial charge is 0.294 e. The number of nitro benzene ring substituents is 1. The van der Waals surface area contributed by atoms with E-state index in [1.165, 1.54) is 10.7 Å². The Bertz CT molecular complexity index is 546. The van der Waals surface area contributed by atoms with Crippen LogP contribution in [-0.2, 0) is 0 Å². The summed E-state index contributed by atoms with van der Waals surface area (Å²) in [5, 5.41) is 15.1. The third-order valence-corrected chi connectivity index (χ3v) is 2.30. The van der Waals surface area contributed by atoms with Crippen LogP contribution in [0, 0.1) is 24.0 Å². The Morgan fingerprint density at radius 2 is 2.06 bits per heavy atom. The Labute approximate surface area is 92.5 Å². The highest BCUT2D eigenvalue weighted by Crippen LogP contribution is 2.23. The summed E-state index contributed by atoms with van der Waals surface area (Å²) in [6.07, 6.45) is 1.72. The smallest absolute Gasteiger partial charge is 0.258 e. The first-order valence-electron chi connectivity index (χ1n) is 4.85. The molecule has 0 unspecified atom stereocenters. The van der Waals surface area contributed by atoms with Gasteiger partial charge in [-0.2, -0.15) is 5.10 Å². The molecule has 2 aromatic rings. The fourth-order valence-corrected chi connectivity index (χ4v) is 1.52. The van der Waals surface area contributed by atoms with Crippen LogP contribution in [0.15, 0.2) is 30.5 Å². The first-order chi connectivity index (χ1) is 7.58. The van der Waals surface area contributed by atoms with Gasteiger partial charge in [0.05, 0.1) is 10.6 Å². The number of rotatable bonds is 2. The van der Waals surface area contributed by atoms with E-state index in [0.717, 1.165) is 11.3 Å². The summed E-state index contributed by atoms with van der Waals surface area (Å²) in [7, 11) is 0. The maximum atomic E-state index is 10.9. The van der Waals surface area contributed by atoms with Gasteiger partial charge in [0.25, 0.3) is 5.69 Å². The third-order valence-electron chi connectivity index (χ3n) is 2.30. The quantitative estimate of drug-likeness (QED) is 0.573. The molecule has 0 aliphatic rings. The number of nitrogens with zero attached hydrogens (tertiary/aromatic N) is 3. The van der Waals surface area contributed by atoms with Gasteiger partial charge in [-0.15, -0.1) is 0 Å². The van der Waals surface area contributed by atoms with Crippen LogP contribution in [0.2, 0.25) is 0 Å². The molecule has 5 nitrogen and oxygen atoms in total. The lowest BCUT2D eigenvalue weighted by Crippen LogP contribution is -2.01. The van der Waals surface area contributed by atoms with Crippen LogP contribution < -0.4 is 0 Å². The first-order valence-corrected chi connectivity index (χ1v) is 4.85. The Morgan fingerprint density at radius 1 is 1.31 bits per heavy atom. The van der Waals surface area contributed by atoms with Gasteiger partial charge in [0.2, 0.25) is 0 Å². The number of nitro groups is 1. The zero-order valence-electron chi connectivity index (χ0n) is 9.04. The Balaban J connectivity index is 2.62. The highest BCUT2D eigenvalue weighted by atomic mass is 16.6. The van der Waals surface area contributed by atoms with Crippen LogP contribution in [0.5, 0.6) is 0 Å². The molecular weight excluding hydrogens is 206 g/mol. The summed E-state index contributed by atoms with van der Waals surface area (Å²) >= 11 is 0. The van der Waals surface area contributed by atoms with Crippen molar-refractivity contribution >= 4 is 5.69 Å². The number of hydrogen-bond acceptors (Lipinski definition) is 3. The van der Waals surface area contributed by atoms with Gasteiger partial charge in [-0.25, -0.2) is 4.68 Å². The van der Waals surface area contributed by atoms with Gasteiger partial charge >= 0.3 is 0 Å². The second kappa shape index (κ2) is 3.77. The van der Waals surface area contributed by atoms with Crippen molar-refractivity contribution in [1.82, 2.24) is 9.78 Å². The molecule has 0 atom stereocenters. The molecule has 0 bridgehead atoms. The van der Waals surface area contributed by atoms with E-state index < -0.39 is 4.92 Å². The summed E-state index contributed by atoms with van der Waals surface area (Å²) in [6.45, 7) is 3.74. The molecule has 0 spiro atoms. The molecule has 0 N–H and O–H groups in total. The van der Waals surface area contributed by atoms with Gasteiger partial charge in [0, 0.05) is 12.3 Å². The van der Waals surface area contributed by atoms with Gasteiger partial charge in [-0.05, 0) is 31.5 Å². The highest BCUT2D eigenvalue weighted by Gasteiger charge is 2.15. The van der Waals surface area contributed by atoms with Gasteiger partial charge in [0.1, 0.15) is 5.69 Å². The molecule has 1 aromatic heterocycles. The van der Waals surface area contributed by atoms with E-state index in [0.29, 0.717) is 5.69 Å². The van der Waals surface area contributed by atoms with Crippen molar-refractivity contribution in [2.24, 2.45) is 0 Å². The molecule has 0 saturated carbocycles. The van der Waals surface area contributed by atoms with E-state index >= 15 is 0 Å². The molecule has 82 valence electrons. The van der Waals surface area contributed by atoms with E-state index in [9.17, 15) is 10.1 Å². The summed E-state index contributed by atoms with van der Waals surface area (Å²) in [5.74, 6) is 0. The topological polar surface area (TPSA) is 61.0 Å². The van der Waals surface area contributed by atoms with E-state index in [1.807, 2.05) is 19.9 Å². The summed E-state index contributed by atoms with van der Waals surface area (Å²) in [4.78, 5) is 10.5. The molecule has 0 amide bonds. The fourth-order valence-electron chi connectivity index (χ4n) is 1.52. The Hall–Kier alpha value is -2.17. The van der Waals surface area contributed by atoms with Crippen molar-refractivity contribution in [3.8, 4) is 5.69 Å². The lowest BCUT2D eigenvalue weighted by atomic mass is 10.2. The van der Waals surface area contributed by atoms with Gasteiger partial charge in [-0.1, -0.05) is 6.07 Å². The zero-order chi connectivity index (χ0) is 11.7. The minimum atomic E-state index is -0.397. The van der Waals surface area contributed by atoms with Crippen molar-refractivity contribution in [2.75, 3.05) is 0 Å². The van der Waals surface area contributed by atoms with Crippen LogP contribution in [0.4, 0.5) is 5.69 Å². The van der Waals surface area contributed by atoms with Crippen molar-refractivity contribution in [2.45, 2.75) is 13.8 Å². The van der Waals surface area contributed by atoms with Gasteiger partial charge in [-0.3, -0.25) is 10.1 Å². The number of benzene rings is 1. The van der Waals surface area contributed by atoms with Gasteiger partial charge < -0.3 is 0 Å². The van der Waals surface area contributed by atoms with Crippen molar-refractivity contribution in [3.05, 3.63) is 51.8 Å². The van der Waals surface area contributed by atoms with E-state index in [2.05, 4.69) is 5.10 Å². The first kappa shape index (κ1) is 10.4.